The monoisotopic (exact) mass is 463 g/mol. The molecule has 2 heterocycles. The van der Waals surface area contributed by atoms with Gasteiger partial charge in [0.25, 0.3) is 0 Å². The molecule has 1 atom stereocenters. The molecule has 1 unspecified atom stereocenters. The molecule has 1 N–H and O–H groups in total. The summed E-state index contributed by atoms with van der Waals surface area (Å²) in [7, 11) is 1.85. The first-order valence-electron chi connectivity index (χ1n) is 12.2. The summed E-state index contributed by atoms with van der Waals surface area (Å²) in [4.78, 5) is 19.8. The van der Waals surface area contributed by atoms with Crippen molar-refractivity contribution in [3.8, 4) is 6.07 Å². The topological polar surface area (TPSA) is 74.0 Å². The lowest BCUT2D eigenvalue weighted by molar-refractivity contribution is -0.120. The number of amides is 1. The summed E-state index contributed by atoms with van der Waals surface area (Å²) in [5.74, 6) is 1.05. The summed E-state index contributed by atoms with van der Waals surface area (Å²) in [6.07, 6.45) is 3.74. The molecule has 0 radical (unpaired) electrons. The van der Waals surface area contributed by atoms with Crippen LogP contribution in [0.15, 0.2) is 72.8 Å². The van der Waals surface area contributed by atoms with E-state index in [1.165, 1.54) is 5.56 Å². The Bertz CT molecular complexity index is 1360. The molecule has 1 aromatic heterocycles. The molecule has 176 valence electrons. The van der Waals surface area contributed by atoms with Crippen molar-refractivity contribution in [1.82, 2.24) is 14.9 Å². The Morgan fingerprint density at radius 1 is 1.09 bits per heavy atom. The summed E-state index contributed by atoms with van der Waals surface area (Å²) in [5.41, 5.74) is 5.72. The highest BCUT2D eigenvalue weighted by Crippen LogP contribution is 2.26. The maximum Gasteiger partial charge on any atom is 0.243 e. The Balaban J connectivity index is 1.49. The van der Waals surface area contributed by atoms with Crippen LogP contribution in [-0.4, -0.2) is 35.1 Å². The van der Waals surface area contributed by atoms with Crippen LogP contribution >= 0.6 is 0 Å². The van der Waals surface area contributed by atoms with Crippen molar-refractivity contribution in [1.29, 1.82) is 5.26 Å². The van der Waals surface area contributed by atoms with Gasteiger partial charge in [-0.15, -0.1) is 0 Å². The molecular formula is C29H29N5O. The highest BCUT2D eigenvalue weighted by molar-refractivity contribution is 5.98. The molecule has 6 heteroatoms. The van der Waals surface area contributed by atoms with Crippen molar-refractivity contribution in [2.24, 2.45) is 0 Å². The zero-order chi connectivity index (χ0) is 24.2. The fourth-order valence-corrected chi connectivity index (χ4v) is 4.76. The van der Waals surface area contributed by atoms with E-state index in [4.69, 9.17) is 10.2 Å². The van der Waals surface area contributed by atoms with E-state index in [0.29, 0.717) is 18.5 Å². The van der Waals surface area contributed by atoms with E-state index in [2.05, 4.69) is 34.2 Å². The van der Waals surface area contributed by atoms with E-state index in [1.807, 2.05) is 61.6 Å². The molecule has 1 amide bonds. The van der Waals surface area contributed by atoms with Crippen molar-refractivity contribution >= 4 is 22.6 Å². The van der Waals surface area contributed by atoms with E-state index in [9.17, 15) is 4.79 Å². The number of fused-ring (bicyclic) bond motifs is 1. The smallest absolute Gasteiger partial charge is 0.243 e. The van der Waals surface area contributed by atoms with Gasteiger partial charge in [-0.05, 0) is 60.8 Å². The summed E-state index contributed by atoms with van der Waals surface area (Å²) in [5, 5.41) is 12.5. The Morgan fingerprint density at radius 2 is 1.89 bits per heavy atom. The maximum absolute atomic E-state index is 13.1. The second-order valence-electron chi connectivity index (χ2n) is 9.16. The van der Waals surface area contributed by atoms with Gasteiger partial charge < -0.3 is 14.8 Å². The van der Waals surface area contributed by atoms with Crippen LogP contribution in [0.5, 0.6) is 0 Å². The zero-order valence-corrected chi connectivity index (χ0v) is 19.9. The quantitative estimate of drug-likeness (QED) is 0.452. The Morgan fingerprint density at radius 3 is 2.60 bits per heavy atom. The minimum atomic E-state index is -0.118. The number of carbonyl (C=O) groups is 1. The predicted octanol–water partition coefficient (Wildman–Crippen LogP) is 4.65. The van der Waals surface area contributed by atoms with Gasteiger partial charge in [0.1, 0.15) is 5.82 Å². The average Bonchev–Trinajstić information content (AvgIpc) is 3.25. The Hall–Kier alpha value is -3.95. The largest absolute Gasteiger partial charge is 0.323 e. The third-order valence-electron chi connectivity index (χ3n) is 6.77. The van der Waals surface area contributed by atoms with Gasteiger partial charge in [-0.25, -0.2) is 4.98 Å². The van der Waals surface area contributed by atoms with Gasteiger partial charge in [-0.2, -0.15) is 5.26 Å². The van der Waals surface area contributed by atoms with Gasteiger partial charge >= 0.3 is 0 Å². The molecule has 1 aliphatic rings. The fourth-order valence-electron chi connectivity index (χ4n) is 4.76. The third-order valence-corrected chi connectivity index (χ3v) is 6.77. The lowest BCUT2D eigenvalue weighted by atomic mass is 10.0. The molecular weight excluding hydrogens is 434 g/mol. The summed E-state index contributed by atoms with van der Waals surface area (Å²) in [6.45, 7) is 1.61. The molecule has 0 aliphatic carbocycles. The van der Waals surface area contributed by atoms with E-state index in [1.54, 1.807) is 4.90 Å². The first-order chi connectivity index (χ1) is 17.1. The van der Waals surface area contributed by atoms with Gasteiger partial charge in [0.2, 0.25) is 5.91 Å². The number of nitriles is 1. The van der Waals surface area contributed by atoms with Crippen molar-refractivity contribution in [2.75, 3.05) is 18.5 Å². The molecule has 5 rings (SSSR count). The molecule has 0 saturated carbocycles. The second-order valence-corrected chi connectivity index (χ2v) is 9.16. The van der Waals surface area contributed by atoms with Crippen LogP contribution in [0.25, 0.3) is 11.0 Å². The van der Waals surface area contributed by atoms with E-state index >= 15 is 0 Å². The van der Waals surface area contributed by atoms with Crippen LogP contribution in [0.2, 0.25) is 0 Å². The minimum Gasteiger partial charge on any atom is -0.323 e. The summed E-state index contributed by atoms with van der Waals surface area (Å²) >= 11 is 0. The maximum atomic E-state index is 13.1. The number of hydrogen-bond acceptors (Lipinski definition) is 4. The molecule has 0 bridgehead atoms. The van der Waals surface area contributed by atoms with Crippen molar-refractivity contribution in [3.05, 3.63) is 95.3 Å². The number of aromatic nitrogens is 2. The van der Waals surface area contributed by atoms with E-state index in [0.717, 1.165) is 53.9 Å². The number of carbonyl (C=O) groups excluding carboxylic acids is 1. The van der Waals surface area contributed by atoms with Crippen molar-refractivity contribution in [2.45, 2.75) is 38.3 Å². The number of imidazole rings is 1. The Kier molecular flexibility index (Phi) is 6.60. The number of likely N-dealkylation sites (N-methyl/N-ethyl adjacent to an activating group) is 1. The zero-order valence-electron chi connectivity index (χ0n) is 19.9. The van der Waals surface area contributed by atoms with Gasteiger partial charge in [0, 0.05) is 25.7 Å². The number of nitrogens with zero attached hydrogens (tertiary/aromatic N) is 4. The molecule has 1 aliphatic heterocycles. The predicted molar refractivity (Wildman–Crippen MR) is 138 cm³/mol. The summed E-state index contributed by atoms with van der Waals surface area (Å²) < 4.78 is 2.25. The SMILES string of the molecule is CN(C(=O)C1CCCCN1)c1ccc2c(c1)nc(Cc1ccc(C#N)cc1)n2Cc1ccccc1. The van der Waals surface area contributed by atoms with E-state index in [-0.39, 0.29) is 11.9 Å². The highest BCUT2D eigenvalue weighted by Gasteiger charge is 2.25. The van der Waals surface area contributed by atoms with Gasteiger partial charge in [-0.1, -0.05) is 48.9 Å². The van der Waals surface area contributed by atoms with Gasteiger partial charge in [0.05, 0.1) is 28.7 Å². The van der Waals surface area contributed by atoms with Crippen LogP contribution in [0.3, 0.4) is 0 Å². The van der Waals surface area contributed by atoms with Crippen LogP contribution in [0, 0.1) is 11.3 Å². The van der Waals surface area contributed by atoms with Crippen LogP contribution in [-0.2, 0) is 17.8 Å². The van der Waals surface area contributed by atoms with Crippen molar-refractivity contribution in [3.63, 3.8) is 0 Å². The normalized spacial score (nSPS) is 15.6. The number of rotatable bonds is 6. The van der Waals surface area contributed by atoms with Gasteiger partial charge in [0.15, 0.2) is 0 Å². The molecule has 1 saturated heterocycles. The number of benzene rings is 3. The first kappa shape index (κ1) is 22.8. The number of anilines is 1. The fraction of sp³-hybridized carbons (Fsp3) is 0.276. The van der Waals surface area contributed by atoms with E-state index < -0.39 is 0 Å². The number of hydrogen-bond donors (Lipinski definition) is 1. The molecule has 35 heavy (non-hydrogen) atoms. The van der Waals surface area contributed by atoms with Crippen molar-refractivity contribution < 1.29 is 4.79 Å². The van der Waals surface area contributed by atoms with Gasteiger partial charge in [-0.3, -0.25) is 4.79 Å². The van der Waals surface area contributed by atoms with Crippen LogP contribution in [0.1, 0.15) is 41.8 Å². The second kappa shape index (κ2) is 10.1. The summed E-state index contributed by atoms with van der Waals surface area (Å²) in [6, 6.07) is 26.2. The van der Waals surface area contributed by atoms with Crippen LogP contribution in [0.4, 0.5) is 5.69 Å². The lowest BCUT2D eigenvalue weighted by Crippen LogP contribution is -2.47. The minimum absolute atomic E-state index is 0.102. The molecule has 4 aromatic rings. The molecule has 3 aromatic carbocycles. The number of nitrogens with one attached hydrogen (secondary N) is 1. The standard InChI is InChI=1S/C29H29N5O/c1-33(29(35)25-9-5-6-16-31-25)24-14-15-27-26(18-24)32-28(17-21-10-12-22(19-30)13-11-21)34(27)20-23-7-3-2-4-8-23/h2-4,7-8,10-15,18,25,31H,5-6,9,16-17,20H2,1H3. The third kappa shape index (κ3) is 4.96. The van der Waals surface area contributed by atoms with Crippen LogP contribution < -0.4 is 10.2 Å². The Labute approximate surface area is 205 Å². The lowest BCUT2D eigenvalue weighted by Gasteiger charge is -2.27. The first-order valence-corrected chi connectivity index (χ1v) is 12.2. The molecule has 0 spiro atoms. The average molecular weight is 464 g/mol. The molecule has 6 nitrogen and oxygen atoms in total. The highest BCUT2D eigenvalue weighted by atomic mass is 16.2. The number of piperidine rings is 1. The molecule has 1 fully saturated rings.